The van der Waals surface area contributed by atoms with Crippen molar-refractivity contribution in [3.8, 4) is 0 Å². The fraction of sp³-hybridized carbons (Fsp3) is 0.533. The van der Waals surface area contributed by atoms with E-state index in [-0.39, 0.29) is 11.9 Å². The van der Waals surface area contributed by atoms with Crippen molar-refractivity contribution in [1.29, 1.82) is 0 Å². The lowest BCUT2D eigenvalue weighted by molar-refractivity contribution is -0.140. The standard InChI is InChI=1S/C15H20N2O3S/c1-9(2)14(19)20-8-11-5-3-10(4-6-11)7-12-13(18)17-15(21)16-12/h7,10-11H,1,3-6,8H2,2H3,(H2,16,17,18,21)/b12-7-. The zero-order valence-corrected chi connectivity index (χ0v) is 12.9. The molecule has 0 aromatic heterocycles. The molecule has 0 aromatic rings. The second kappa shape index (κ2) is 6.85. The Morgan fingerprint density at radius 2 is 2.05 bits per heavy atom. The third-order valence-electron chi connectivity index (χ3n) is 3.81. The molecule has 0 aromatic carbocycles. The second-order valence-corrected chi connectivity index (χ2v) is 6.06. The van der Waals surface area contributed by atoms with Gasteiger partial charge in [0.2, 0.25) is 0 Å². The molecule has 21 heavy (non-hydrogen) atoms. The molecule has 0 spiro atoms. The van der Waals surface area contributed by atoms with Gasteiger partial charge in [0.1, 0.15) is 5.70 Å². The summed E-state index contributed by atoms with van der Waals surface area (Å²) in [4.78, 5) is 22.9. The van der Waals surface area contributed by atoms with Gasteiger partial charge >= 0.3 is 5.97 Å². The van der Waals surface area contributed by atoms with Crippen LogP contribution in [0.3, 0.4) is 0 Å². The first-order valence-corrected chi connectivity index (χ1v) is 7.53. The minimum atomic E-state index is -0.320. The van der Waals surface area contributed by atoms with Gasteiger partial charge in [-0.1, -0.05) is 12.7 Å². The van der Waals surface area contributed by atoms with E-state index in [1.807, 2.05) is 6.08 Å². The number of hydrogen-bond acceptors (Lipinski definition) is 4. The lowest BCUT2D eigenvalue weighted by atomic mass is 9.82. The number of nitrogens with one attached hydrogen (secondary N) is 2. The molecule has 2 aliphatic rings. The Kier molecular flexibility index (Phi) is 5.12. The van der Waals surface area contributed by atoms with E-state index in [0.717, 1.165) is 25.7 Å². The maximum absolute atomic E-state index is 11.6. The van der Waals surface area contributed by atoms with Gasteiger partial charge in [-0.25, -0.2) is 4.79 Å². The van der Waals surface area contributed by atoms with Gasteiger partial charge in [0.15, 0.2) is 5.11 Å². The zero-order chi connectivity index (χ0) is 15.4. The Hall–Kier alpha value is -1.69. The van der Waals surface area contributed by atoms with Gasteiger partial charge < -0.3 is 10.1 Å². The van der Waals surface area contributed by atoms with Gasteiger partial charge in [0, 0.05) is 5.57 Å². The van der Waals surface area contributed by atoms with Crippen molar-refractivity contribution < 1.29 is 14.3 Å². The van der Waals surface area contributed by atoms with Crippen LogP contribution in [0, 0.1) is 11.8 Å². The molecule has 2 rings (SSSR count). The number of carbonyl (C=O) groups is 2. The molecule has 1 aliphatic carbocycles. The number of allylic oxidation sites excluding steroid dienone is 1. The normalized spacial score (nSPS) is 27.2. The molecule has 1 amide bonds. The van der Waals surface area contributed by atoms with Crippen LogP contribution in [0.2, 0.25) is 0 Å². The summed E-state index contributed by atoms with van der Waals surface area (Å²) in [6.45, 7) is 5.67. The SMILES string of the molecule is C=C(C)C(=O)OCC1CCC(/C=C2\NC(=S)NC2=O)CC1. The van der Waals surface area contributed by atoms with Gasteiger partial charge in [-0.2, -0.15) is 0 Å². The lowest BCUT2D eigenvalue weighted by Gasteiger charge is -2.26. The fourth-order valence-electron chi connectivity index (χ4n) is 2.57. The van der Waals surface area contributed by atoms with Crippen molar-refractivity contribution in [2.45, 2.75) is 32.6 Å². The highest BCUT2D eigenvalue weighted by Crippen LogP contribution is 2.30. The highest BCUT2D eigenvalue weighted by Gasteiger charge is 2.25. The molecular formula is C15H20N2O3S. The highest BCUT2D eigenvalue weighted by molar-refractivity contribution is 7.80. The Bertz CT molecular complexity index is 505. The van der Waals surface area contributed by atoms with Gasteiger partial charge in [-0.3, -0.25) is 10.1 Å². The minimum Gasteiger partial charge on any atom is -0.462 e. The molecule has 1 saturated heterocycles. The Balaban J connectivity index is 1.77. The lowest BCUT2D eigenvalue weighted by Crippen LogP contribution is -2.21. The number of hydrogen-bond donors (Lipinski definition) is 2. The quantitative estimate of drug-likeness (QED) is 0.471. The van der Waals surface area contributed by atoms with Crippen molar-refractivity contribution >= 4 is 29.2 Å². The van der Waals surface area contributed by atoms with Crippen LogP contribution >= 0.6 is 12.2 Å². The smallest absolute Gasteiger partial charge is 0.333 e. The summed E-state index contributed by atoms with van der Waals surface area (Å²) in [5.41, 5.74) is 0.986. The Morgan fingerprint density at radius 1 is 1.38 bits per heavy atom. The van der Waals surface area contributed by atoms with Gasteiger partial charge in [-0.15, -0.1) is 0 Å². The molecule has 0 radical (unpaired) electrons. The van der Waals surface area contributed by atoms with Crippen LogP contribution in [0.1, 0.15) is 32.6 Å². The van der Waals surface area contributed by atoms with E-state index < -0.39 is 0 Å². The molecule has 5 nitrogen and oxygen atoms in total. The summed E-state index contributed by atoms with van der Waals surface area (Å²) in [5, 5.41) is 5.79. The predicted molar refractivity (Wildman–Crippen MR) is 83.2 cm³/mol. The van der Waals surface area contributed by atoms with Crippen LogP contribution in [-0.4, -0.2) is 23.6 Å². The van der Waals surface area contributed by atoms with Crippen LogP contribution in [0.4, 0.5) is 0 Å². The molecular weight excluding hydrogens is 288 g/mol. The van der Waals surface area contributed by atoms with Gasteiger partial charge in [-0.05, 0) is 56.7 Å². The maximum Gasteiger partial charge on any atom is 0.333 e. The molecule has 0 atom stereocenters. The maximum atomic E-state index is 11.6. The first-order valence-electron chi connectivity index (χ1n) is 7.12. The van der Waals surface area contributed by atoms with Crippen LogP contribution in [0.25, 0.3) is 0 Å². The first kappa shape index (κ1) is 15.7. The fourth-order valence-corrected chi connectivity index (χ4v) is 2.77. The van der Waals surface area contributed by atoms with Crippen molar-refractivity contribution in [3.05, 3.63) is 23.9 Å². The highest BCUT2D eigenvalue weighted by atomic mass is 32.1. The molecule has 0 unspecified atom stereocenters. The largest absolute Gasteiger partial charge is 0.462 e. The molecule has 1 saturated carbocycles. The molecule has 1 heterocycles. The summed E-state index contributed by atoms with van der Waals surface area (Å²) in [5.74, 6) is 0.290. The summed E-state index contributed by atoms with van der Waals surface area (Å²) in [6.07, 6.45) is 5.92. The Morgan fingerprint density at radius 3 is 2.57 bits per heavy atom. The van der Waals surface area contributed by atoms with Gasteiger partial charge in [0.25, 0.3) is 5.91 Å². The van der Waals surface area contributed by atoms with E-state index in [1.54, 1.807) is 6.92 Å². The van der Waals surface area contributed by atoms with E-state index >= 15 is 0 Å². The molecule has 2 N–H and O–H groups in total. The van der Waals surface area contributed by atoms with E-state index in [4.69, 9.17) is 17.0 Å². The van der Waals surface area contributed by atoms with Crippen molar-refractivity contribution in [2.24, 2.45) is 11.8 Å². The van der Waals surface area contributed by atoms with Crippen molar-refractivity contribution in [3.63, 3.8) is 0 Å². The van der Waals surface area contributed by atoms with Crippen LogP contribution in [0.5, 0.6) is 0 Å². The minimum absolute atomic E-state index is 0.155. The van der Waals surface area contributed by atoms with E-state index in [2.05, 4.69) is 17.2 Å². The van der Waals surface area contributed by atoms with E-state index in [0.29, 0.717) is 34.8 Å². The number of amides is 1. The van der Waals surface area contributed by atoms with Crippen molar-refractivity contribution in [2.75, 3.05) is 6.61 Å². The zero-order valence-electron chi connectivity index (χ0n) is 12.1. The van der Waals surface area contributed by atoms with Crippen LogP contribution < -0.4 is 10.6 Å². The number of ether oxygens (including phenoxy) is 1. The third kappa shape index (κ3) is 4.39. The number of rotatable bonds is 4. The molecule has 6 heteroatoms. The summed E-state index contributed by atoms with van der Waals surface area (Å²) < 4.78 is 5.20. The second-order valence-electron chi connectivity index (χ2n) is 5.65. The number of esters is 1. The first-order chi connectivity index (χ1) is 9.95. The summed E-state index contributed by atoms with van der Waals surface area (Å²) in [7, 11) is 0. The molecule has 2 fully saturated rings. The summed E-state index contributed by atoms with van der Waals surface area (Å²) in [6, 6.07) is 0. The van der Waals surface area contributed by atoms with Crippen LogP contribution in [0.15, 0.2) is 23.9 Å². The predicted octanol–water partition coefficient (Wildman–Crippen LogP) is 1.80. The van der Waals surface area contributed by atoms with Crippen molar-refractivity contribution in [1.82, 2.24) is 10.6 Å². The number of carbonyl (C=O) groups excluding carboxylic acids is 2. The van der Waals surface area contributed by atoms with E-state index in [1.165, 1.54) is 0 Å². The number of thiocarbonyl (C=S) groups is 1. The monoisotopic (exact) mass is 308 g/mol. The van der Waals surface area contributed by atoms with E-state index in [9.17, 15) is 9.59 Å². The third-order valence-corrected chi connectivity index (χ3v) is 4.02. The molecule has 0 bridgehead atoms. The van der Waals surface area contributed by atoms with Crippen LogP contribution in [-0.2, 0) is 14.3 Å². The average Bonchev–Trinajstić information content (AvgIpc) is 2.75. The topological polar surface area (TPSA) is 67.4 Å². The average molecular weight is 308 g/mol. The van der Waals surface area contributed by atoms with Gasteiger partial charge in [0.05, 0.1) is 6.61 Å². The summed E-state index contributed by atoms with van der Waals surface area (Å²) >= 11 is 4.90. The Labute approximate surface area is 129 Å². The molecule has 114 valence electrons. The molecule has 1 aliphatic heterocycles.